The smallest absolute Gasteiger partial charge is 0.236 e. The van der Waals surface area contributed by atoms with Gasteiger partial charge in [-0.1, -0.05) is 12.8 Å². The zero-order valence-corrected chi connectivity index (χ0v) is 14.4. The van der Waals surface area contributed by atoms with Gasteiger partial charge in [0.15, 0.2) is 0 Å². The Labute approximate surface area is 142 Å². The fraction of sp³-hybridized carbons (Fsp3) is 0.706. The van der Waals surface area contributed by atoms with Crippen LogP contribution in [0, 0.1) is 5.92 Å². The van der Waals surface area contributed by atoms with Crippen LogP contribution in [0.25, 0.3) is 0 Å². The average molecular weight is 333 g/mol. The van der Waals surface area contributed by atoms with Crippen LogP contribution in [0.5, 0.6) is 0 Å². The lowest BCUT2D eigenvalue weighted by Crippen LogP contribution is -2.40. The number of nitrogens with zero attached hydrogens (tertiary/aromatic N) is 4. The second kappa shape index (κ2) is 7.34. The van der Waals surface area contributed by atoms with Gasteiger partial charge in [-0.15, -0.1) is 0 Å². The first-order valence-electron chi connectivity index (χ1n) is 8.82. The number of aryl methyl sites for hydroxylation is 1. The van der Waals surface area contributed by atoms with Crippen molar-refractivity contribution < 1.29 is 9.59 Å². The van der Waals surface area contributed by atoms with E-state index in [1.165, 1.54) is 12.8 Å². The zero-order chi connectivity index (χ0) is 17.1. The number of carbonyl (C=O) groups excluding carboxylic acids is 2. The molecular weight excluding hydrogens is 306 g/mol. The van der Waals surface area contributed by atoms with Gasteiger partial charge >= 0.3 is 0 Å². The summed E-state index contributed by atoms with van der Waals surface area (Å²) in [6.07, 6.45) is 8.32. The summed E-state index contributed by atoms with van der Waals surface area (Å²) in [4.78, 5) is 28.5. The highest BCUT2D eigenvalue weighted by Crippen LogP contribution is 2.32. The lowest BCUT2D eigenvalue weighted by Gasteiger charge is -2.23. The highest BCUT2D eigenvalue weighted by molar-refractivity contribution is 5.80. The van der Waals surface area contributed by atoms with Gasteiger partial charge < -0.3 is 10.6 Å². The van der Waals surface area contributed by atoms with Crippen molar-refractivity contribution in [2.45, 2.75) is 31.6 Å². The van der Waals surface area contributed by atoms with Crippen LogP contribution in [0.1, 0.15) is 37.2 Å². The van der Waals surface area contributed by atoms with Crippen LogP contribution in [0.2, 0.25) is 0 Å². The third-order valence-electron chi connectivity index (χ3n) is 5.23. The number of aromatic nitrogens is 2. The van der Waals surface area contributed by atoms with Gasteiger partial charge in [0.1, 0.15) is 0 Å². The molecule has 2 atom stereocenters. The van der Waals surface area contributed by atoms with E-state index in [4.69, 9.17) is 5.73 Å². The SMILES string of the molecule is Cn1cc([C@H]2CN(CC(=O)N3CCCCCC3)C[C@@H]2C(N)=O)cn1. The molecular formula is C17H27N5O2. The fourth-order valence-electron chi connectivity index (χ4n) is 3.88. The Balaban J connectivity index is 1.64. The van der Waals surface area contributed by atoms with Gasteiger partial charge in [0, 0.05) is 45.3 Å². The van der Waals surface area contributed by atoms with Gasteiger partial charge in [-0.25, -0.2) is 0 Å². The van der Waals surface area contributed by atoms with Gasteiger partial charge in [0.2, 0.25) is 11.8 Å². The maximum Gasteiger partial charge on any atom is 0.236 e. The van der Waals surface area contributed by atoms with E-state index in [1.54, 1.807) is 10.9 Å². The third kappa shape index (κ3) is 3.77. The summed E-state index contributed by atoms with van der Waals surface area (Å²) in [7, 11) is 1.86. The lowest BCUT2D eigenvalue weighted by atomic mass is 9.90. The summed E-state index contributed by atoms with van der Waals surface area (Å²) < 4.78 is 1.73. The van der Waals surface area contributed by atoms with E-state index in [1.807, 2.05) is 18.1 Å². The Bertz CT molecular complexity index is 592. The molecule has 0 bridgehead atoms. The molecule has 0 saturated carbocycles. The van der Waals surface area contributed by atoms with Gasteiger partial charge in [0.05, 0.1) is 18.7 Å². The highest BCUT2D eigenvalue weighted by atomic mass is 16.2. The molecule has 132 valence electrons. The van der Waals surface area contributed by atoms with E-state index in [2.05, 4.69) is 10.00 Å². The molecule has 0 radical (unpaired) electrons. The van der Waals surface area contributed by atoms with Crippen LogP contribution in [0.4, 0.5) is 0 Å². The normalized spacial score (nSPS) is 25.6. The predicted octanol–water partition coefficient (Wildman–Crippen LogP) is 0.323. The van der Waals surface area contributed by atoms with Gasteiger partial charge in [0.25, 0.3) is 0 Å². The second-order valence-corrected chi connectivity index (χ2v) is 7.05. The molecule has 2 aliphatic heterocycles. The molecule has 7 heteroatoms. The molecule has 1 aromatic rings. The quantitative estimate of drug-likeness (QED) is 0.860. The number of nitrogens with two attached hydrogens (primary N) is 1. The molecule has 0 aromatic carbocycles. The van der Waals surface area contributed by atoms with E-state index >= 15 is 0 Å². The maximum atomic E-state index is 12.6. The van der Waals surface area contributed by atoms with Crippen molar-refractivity contribution in [1.82, 2.24) is 19.6 Å². The number of amides is 2. The monoisotopic (exact) mass is 333 g/mol. The van der Waals surface area contributed by atoms with Crippen LogP contribution in [-0.2, 0) is 16.6 Å². The first-order chi connectivity index (χ1) is 11.5. The van der Waals surface area contributed by atoms with Crippen LogP contribution < -0.4 is 5.73 Å². The van der Waals surface area contributed by atoms with E-state index in [0.717, 1.165) is 31.5 Å². The van der Waals surface area contributed by atoms with Crippen molar-refractivity contribution in [3.8, 4) is 0 Å². The molecule has 7 nitrogen and oxygen atoms in total. The molecule has 0 unspecified atom stereocenters. The van der Waals surface area contributed by atoms with Crippen molar-refractivity contribution in [3.05, 3.63) is 18.0 Å². The summed E-state index contributed by atoms with van der Waals surface area (Å²) in [5.74, 6) is -0.361. The van der Waals surface area contributed by atoms with Crippen molar-refractivity contribution in [2.24, 2.45) is 18.7 Å². The zero-order valence-electron chi connectivity index (χ0n) is 14.4. The summed E-state index contributed by atoms with van der Waals surface area (Å²) in [5.41, 5.74) is 6.62. The largest absolute Gasteiger partial charge is 0.369 e. The van der Waals surface area contributed by atoms with Crippen molar-refractivity contribution in [3.63, 3.8) is 0 Å². The number of primary amides is 1. The number of likely N-dealkylation sites (tertiary alicyclic amines) is 2. The molecule has 0 aliphatic carbocycles. The van der Waals surface area contributed by atoms with Crippen molar-refractivity contribution in [1.29, 1.82) is 0 Å². The number of carbonyl (C=O) groups is 2. The summed E-state index contributed by atoms with van der Waals surface area (Å²) in [5, 5.41) is 4.20. The molecule has 0 spiro atoms. The maximum absolute atomic E-state index is 12.6. The van der Waals surface area contributed by atoms with Crippen molar-refractivity contribution in [2.75, 3.05) is 32.7 Å². The Kier molecular flexibility index (Phi) is 5.18. The molecule has 24 heavy (non-hydrogen) atoms. The first-order valence-corrected chi connectivity index (χ1v) is 8.82. The molecule has 3 heterocycles. The van der Waals surface area contributed by atoms with Crippen LogP contribution in [-0.4, -0.2) is 64.1 Å². The highest BCUT2D eigenvalue weighted by Gasteiger charge is 2.38. The number of hydrogen-bond acceptors (Lipinski definition) is 4. The number of hydrogen-bond donors (Lipinski definition) is 1. The topological polar surface area (TPSA) is 84.5 Å². The standard InChI is InChI=1S/C17H27N5O2/c1-20-9-13(8-19-20)14-10-21(11-15(14)17(18)24)12-16(23)22-6-4-2-3-5-7-22/h8-9,14-15H,2-7,10-12H2,1H3,(H2,18,24)/t14-,15+/m1/s1. The second-order valence-electron chi connectivity index (χ2n) is 7.05. The first kappa shape index (κ1) is 17.0. The minimum atomic E-state index is -0.298. The summed E-state index contributed by atoms with van der Waals surface area (Å²) in [6.45, 7) is 3.32. The van der Waals surface area contributed by atoms with E-state index in [-0.39, 0.29) is 23.7 Å². The lowest BCUT2D eigenvalue weighted by molar-refractivity contribution is -0.132. The Hall–Kier alpha value is -1.89. The molecule has 2 N–H and O–H groups in total. The molecule has 3 rings (SSSR count). The molecule has 1 aromatic heterocycles. The van der Waals surface area contributed by atoms with E-state index in [9.17, 15) is 9.59 Å². The van der Waals surface area contributed by atoms with Crippen LogP contribution >= 0.6 is 0 Å². The average Bonchev–Trinajstić information content (AvgIpc) is 3.04. The Morgan fingerprint density at radius 1 is 1.21 bits per heavy atom. The molecule has 2 fully saturated rings. The summed E-state index contributed by atoms with van der Waals surface area (Å²) in [6, 6.07) is 0. The predicted molar refractivity (Wildman–Crippen MR) is 90.1 cm³/mol. The van der Waals surface area contributed by atoms with Crippen LogP contribution in [0.3, 0.4) is 0 Å². The van der Waals surface area contributed by atoms with Gasteiger partial charge in [-0.05, 0) is 18.4 Å². The van der Waals surface area contributed by atoms with E-state index in [0.29, 0.717) is 19.6 Å². The van der Waals surface area contributed by atoms with E-state index < -0.39 is 0 Å². The molecule has 2 amide bonds. The van der Waals surface area contributed by atoms with Gasteiger partial charge in [-0.3, -0.25) is 19.2 Å². The van der Waals surface area contributed by atoms with Gasteiger partial charge in [-0.2, -0.15) is 5.10 Å². The summed E-state index contributed by atoms with van der Waals surface area (Å²) >= 11 is 0. The minimum Gasteiger partial charge on any atom is -0.369 e. The van der Waals surface area contributed by atoms with Crippen molar-refractivity contribution >= 4 is 11.8 Å². The third-order valence-corrected chi connectivity index (χ3v) is 5.23. The molecule has 2 aliphatic rings. The van der Waals surface area contributed by atoms with Crippen LogP contribution in [0.15, 0.2) is 12.4 Å². The Morgan fingerprint density at radius 3 is 2.50 bits per heavy atom. The molecule has 2 saturated heterocycles. The fourth-order valence-corrected chi connectivity index (χ4v) is 3.88. The minimum absolute atomic E-state index is 0.0214. The number of rotatable bonds is 4. The Morgan fingerprint density at radius 2 is 1.92 bits per heavy atom.